The third kappa shape index (κ3) is 11.8. The highest BCUT2D eigenvalue weighted by molar-refractivity contribution is 7.90. The van der Waals surface area contributed by atoms with Gasteiger partial charge < -0.3 is 30.2 Å². The Balaban J connectivity index is 0.917. The number of aliphatic hydroxyl groups is 2. The standard InChI is InChI=1S/C54H61F2N7O8S2/c1-52(2)14-12-35(42(28-52)48-23-36(32-72-48)49-43(55)24-37(25-44(49)56)53(3,4)65)31-61-18-20-62(21-19-61)38-6-8-41(47(26-38)71-39-22-34-13-17-57-50(34)59-30-39)51(64)60-73(69,70)40-7-9-45(46(27-40)63(67)68)58-29-33-10-15-54(5,66)16-11-33/h6-9,13,17,22-27,30,32-33,58,65-66H,10-12,14-16,18-21,28-29,31H2,1-5H3,(H,57,59)(H,60,64)/t33-,54-. The molecule has 3 aliphatic rings. The number of anilines is 2. The largest absolute Gasteiger partial charge is 0.455 e. The van der Waals surface area contributed by atoms with Crippen molar-refractivity contribution in [2.75, 3.05) is 49.5 Å². The van der Waals surface area contributed by atoms with Gasteiger partial charge in [0.1, 0.15) is 34.5 Å². The van der Waals surface area contributed by atoms with Crippen molar-refractivity contribution in [3.8, 4) is 22.6 Å². The average molecular weight is 1040 g/mol. The number of nitro groups is 1. The van der Waals surface area contributed by atoms with E-state index < -0.39 is 54.3 Å². The molecule has 1 saturated carbocycles. The number of hydrogen-bond acceptors (Lipinski definition) is 13. The molecule has 0 atom stereocenters. The van der Waals surface area contributed by atoms with Gasteiger partial charge in [-0.3, -0.25) is 19.8 Å². The van der Waals surface area contributed by atoms with Gasteiger partial charge in [-0.15, -0.1) is 11.3 Å². The Morgan fingerprint density at radius 2 is 1.73 bits per heavy atom. The number of carbonyl (C=O) groups is 1. The summed E-state index contributed by atoms with van der Waals surface area (Å²) in [5, 5.41) is 38.6. The molecule has 1 saturated heterocycles. The minimum Gasteiger partial charge on any atom is -0.455 e. The predicted molar refractivity (Wildman–Crippen MR) is 280 cm³/mol. The summed E-state index contributed by atoms with van der Waals surface area (Å²) in [4.78, 5) is 38.1. The van der Waals surface area contributed by atoms with Crippen molar-refractivity contribution in [2.24, 2.45) is 11.3 Å². The molecule has 0 unspecified atom stereocenters. The van der Waals surface area contributed by atoms with E-state index in [9.17, 15) is 33.5 Å². The smallest absolute Gasteiger partial charge is 0.293 e. The summed E-state index contributed by atoms with van der Waals surface area (Å²) in [7, 11) is -4.63. The highest BCUT2D eigenvalue weighted by Crippen LogP contribution is 2.46. The molecule has 73 heavy (non-hydrogen) atoms. The highest BCUT2D eigenvalue weighted by atomic mass is 32.2. The molecule has 0 spiro atoms. The fraction of sp³-hybridized carbons (Fsp3) is 0.407. The summed E-state index contributed by atoms with van der Waals surface area (Å²) in [5.74, 6) is -1.89. The molecule has 4 heterocycles. The lowest BCUT2D eigenvalue weighted by Crippen LogP contribution is -2.47. The Labute approximate surface area is 427 Å². The Kier molecular flexibility index (Phi) is 14.3. The third-order valence-corrected chi connectivity index (χ3v) is 16.9. The molecule has 6 aromatic rings. The fourth-order valence-electron chi connectivity index (χ4n) is 10.1. The molecular formula is C54H61F2N7O8S2. The van der Waals surface area contributed by atoms with E-state index in [2.05, 4.69) is 43.7 Å². The van der Waals surface area contributed by atoms with Crippen molar-refractivity contribution in [1.82, 2.24) is 19.6 Å². The number of nitro benzene ring substituents is 1. The van der Waals surface area contributed by atoms with Crippen molar-refractivity contribution < 1.29 is 41.9 Å². The van der Waals surface area contributed by atoms with Crippen LogP contribution in [-0.2, 0) is 15.6 Å². The number of benzene rings is 3. The van der Waals surface area contributed by atoms with Gasteiger partial charge in [0, 0.05) is 73.5 Å². The van der Waals surface area contributed by atoms with Gasteiger partial charge in [-0.05, 0) is 154 Å². The minimum atomic E-state index is -4.63. The summed E-state index contributed by atoms with van der Waals surface area (Å²) < 4.78 is 66.9. The molecule has 3 aromatic heterocycles. The van der Waals surface area contributed by atoms with E-state index in [4.69, 9.17) is 4.74 Å². The van der Waals surface area contributed by atoms with E-state index in [1.807, 2.05) is 12.1 Å². The van der Waals surface area contributed by atoms with Crippen LogP contribution >= 0.6 is 11.3 Å². The summed E-state index contributed by atoms with van der Waals surface area (Å²) in [6.07, 6.45) is 8.64. The van der Waals surface area contributed by atoms with Crippen LogP contribution in [0.2, 0.25) is 0 Å². The SMILES string of the molecule is CC1(C)CCC(CN2CCN(c3ccc(C(=O)NS(=O)(=O)c4ccc(NC[C@H]5CC[C@](C)(O)CC5)c([N+](=O)[O-])c4)c(Oc4cnc5[nH]ccc5c4)c3)CC2)=C(c2cc(-c3c(F)cc(C(C)(C)O)cc3F)cs2)C1. The van der Waals surface area contributed by atoms with Crippen LogP contribution in [0.15, 0.2) is 95.0 Å². The fourth-order valence-corrected chi connectivity index (χ4v) is 12.1. The number of piperazine rings is 1. The molecule has 0 radical (unpaired) electrons. The number of allylic oxidation sites excluding steroid dienone is 1. The van der Waals surface area contributed by atoms with Crippen LogP contribution in [0, 0.1) is 33.1 Å². The first-order valence-electron chi connectivity index (χ1n) is 24.6. The van der Waals surface area contributed by atoms with E-state index >= 15 is 8.78 Å². The Morgan fingerprint density at radius 3 is 2.42 bits per heavy atom. The van der Waals surface area contributed by atoms with Gasteiger partial charge >= 0.3 is 0 Å². The molecule has 1 aliphatic heterocycles. The van der Waals surface area contributed by atoms with E-state index in [-0.39, 0.29) is 39.5 Å². The number of thiophene rings is 1. The summed E-state index contributed by atoms with van der Waals surface area (Å²) in [5.41, 5.74) is 1.88. The quantitative estimate of drug-likeness (QED) is 0.0482. The molecule has 9 rings (SSSR count). The molecule has 5 N–H and O–H groups in total. The van der Waals surface area contributed by atoms with E-state index in [0.717, 1.165) is 60.7 Å². The molecule has 19 heteroatoms. The first-order valence-corrected chi connectivity index (χ1v) is 26.9. The van der Waals surface area contributed by atoms with Crippen LogP contribution in [0.25, 0.3) is 27.7 Å². The maximum Gasteiger partial charge on any atom is 0.293 e. The lowest BCUT2D eigenvalue weighted by atomic mass is 9.73. The summed E-state index contributed by atoms with van der Waals surface area (Å²) >= 11 is 1.48. The van der Waals surface area contributed by atoms with Crippen LogP contribution in [0.3, 0.4) is 0 Å². The number of rotatable bonds is 15. The Morgan fingerprint density at radius 1 is 1.00 bits per heavy atom. The zero-order chi connectivity index (χ0) is 52.0. The minimum absolute atomic E-state index is 0.0351. The second-order valence-electron chi connectivity index (χ2n) is 21.3. The Bertz CT molecular complexity index is 3190. The van der Waals surface area contributed by atoms with Crippen LogP contribution in [-0.4, -0.2) is 89.2 Å². The van der Waals surface area contributed by atoms with Gasteiger partial charge in [-0.2, -0.15) is 0 Å². The second kappa shape index (κ2) is 20.2. The molecule has 15 nitrogen and oxygen atoms in total. The summed E-state index contributed by atoms with van der Waals surface area (Å²) in [6.45, 7) is 13.1. The number of halogens is 2. The number of sulfonamides is 1. The predicted octanol–water partition coefficient (Wildman–Crippen LogP) is 10.8. The van der Waals surface area contributed by atoms with Gasteiger partial charge in [0.15, 0.2) is 0 Å². The van der Waals surface area contributed by atoms with Crippen LogP contribution < -0.4 is 19.7 Å². The number of ether oxygens (including phenoxy) is 1. The lowest BCUT2D eigenvalue weighted by Gasteiger charge is -2.39. The van der Waals surface area contributed by atoms with Crippen LogP contribution in [0.4, 0.5) is 25.8 Å². The molecule has 1 amide bonds. The number of hydrogen-bond donors (Lipinski definition) is 5. The van der Waals surface area contributed by atoms with Gasteiger partial charge in [0.05, 0.1) is 38.3 Å². The molecule has 0 bridgehead atoms. The monoisotopic (exact) mass is 1040 g/mol. The lowest BCUT2D eigenvalue weighted by molar-refractivity contribution is -0.384. The van der Waals surface area contributed by atoms with Crippen molar-refractivity contribution in [1.29, 1.82) is 0 Å². The highest BCUT2D eigenvalue weighted by Gasteiger charge is 2.33. The first-order chi connectivity index (χ1) is 34.5. The van der Waals surface area contributed by atoms with Gasteiger partial charge in [0.2, 0.25) is 0 Å². The number of carbonyl (C=O) groups excluding carboxylic acids is 1. The van der Waals surface area contributed by atoms with Crippen molar-refractivity contribution in [2.45, 2.75) is 95.7 Å². The first kappa shape index (κ1) is 51.6. The van der Waals surface area contributed by atoms with Gasteiger partial charge in [0.25, 0.3) is 21.6 Å². The molecule has 2 fully saturated rings. The number of pyridine rings is 1. The number of aromatic nitrogens is 2. The Hall–Kier alpha value is -6.25. The maximum atomic E-state index is 15.4. The zero-order valence-electron chi connectivity index (χ0n) is 41.6. The second-order valence-corrected chi connectivity index (χ2v) is 23.9. The number of aromatic amines is 1. The summed E-state index contributed by atoms with van der Waals surface area (Å²) in [6, 6.07) is 16.2. The molecular weight excluding hydrogens is 977 g/mol. The number of nitrogens with one attached hydrogen (secondary N) is 3. The number of fused-ring (bicyclic) bond motifs is 1. The van der Waals surface area contributed by atoms with Gasteiger partial charge in [-0.1, -0.05) is 19.4 Å². The van der Waals surface area contributed by atoms with E-state index in [1.54, 1.807) is 36.7 Å². The van der Waals surface area contributed by atoms with Crippen molar-refractivity contribution in [3.05, 3.63) is 128 Å². The molecule has 2 aliphatic carbocycles. The molecule has 386 valence electrons. The van der Waals surface area contributed by atoms with Crippen LogP contribution in [0.1, 0.15) is 100 Å². The van der Waals surface area contributed by atoms with Crippen molar-refractivity contribution >= 4 is 60.9 Å². The normalized spacial score (nSPS) is 19.8. The van der Waals surface area contributed by atoms with Crippen molar-refractivity contribution in [3.63, 3.8) is 0 Å². The zero-order valence-corrected chi connectivity index (χ0v) is 43.2. The van der Waals surface area contributed by atoms with E-state index in [1.165, 1.54) is 72.9 Å². The molecule has 3 aromatic carbocycles. The average Bonchev–Trinajstić information content (AvgIpc) is 4.01. The maximum absolute atomic E-state index is 15.4. The van der Waals surface area contributed by atoms with Gasteiger partial charge in [-0.25, -0.2) is 26.9 Å². The van der Waals surface area contributed by atoms with E-state index in [0.29, 0.717) is 62.5 Å². The third-order valence-electron chi connectivity index (χ3n) is 14.6. The number of nitrogens with zero attached hydrogens (tertiary/aromatic N) is 4. The topological polar surface area (TPSA) is 203 Å². The van der Waals surface area contributed by atoms with Crippen LogP contribution in [0.5, 0.6) is 11.5 Å². The number of H-pyrrole nitrogens is 1. The number of amides is 1.